The topological polar surface area (TPSA) is 138 Å². The molecule has 0 unspecified atom stereocenters. The Kier molecular flexibility index (Phi) is 9.37. The fourth-order valence-corrected chi connectivity index (χ4v) is 0.805. The molecule has 9 heteroatoms. The summed E-state index contributed by atoms with van der Waals surface area (Å²) in [5, 5.41) is 34.5. The molecule has 0 aliphatic carbocycles. The van der Waals surface area contributed by atoms with Crippen LogP contribution in [0.5, 0.6) is 0 Å². The van der Waals surface area contributed by atoms with Gasteiger partial charge in [-0.2, -0.15) is 0 Å². The minimum absolute atomic E-state index is 0.295. The third-order valence-corrected chi connectivity index (χ3v) is 4.21. The number of aliphatic hydroxyl groups is 4. The van der Waals surface area contributed by atoms with Gasteiger partial charge in [-0.25, -0.2) is 8.42 Å². The van der Waals surface area contributed by atoms with Crippen LogP contribution in [-0.4, -0.2) is 58.8 Å². The summed E-state index contributed by atoms with van der Waals surface area (Å²) in [5.74, 6) is 0. The lowest BCUT2D eigenvalue weighted by molar-refractivity contribution is 0.288. The van der Waals surface area contributed by atoms with Gasteiger partial charge in [-0.05, 0) is 0 Å². The molecule has 92 valence electrons. The molecule has 0 heterocycles. The third-order valence-electron chi connectivity index (χ3n) is 1.40. The van der Waals surface area contributed by atoms with Gasteiger partial charge in [0.1, 0.15) is 17.4 Å². The van der Waals surface area contributed by atoms with Gasteiger partial charge >= 0.3 is 0 Å². The van der Waals surface area contributed by atoms with Crippen LogP contribution < -0.4 is 0 Å². The minimum Gasteiger partial charge on any atom is -0.745 e. The van der Waals surface area contributed by atoms with Gasteiger partial charge in [0.25, 0.3) is 0 Å². The van der Waals surface area contributed by atoms with Crippen molar-refractivity contribution in [2.75, 3.05) is 25.4 Å². The van der Waals surface area contributed by atoms with Crippen molar-refractivity contribution in [3.05, 3.63) is 12.0 Å². The summed E-state index contributed by atoms with van der Waals surface area (Å²) >= 11 is 0. The Morgan fingerprint density at radius 2 is 1.27 bits per heavy atom. The number of aliphatic hydroxyl groups excluding tert-OH is 4. The van der Waals surface area contributed by atoms with Gasteiger partial charge in [0.15, 0.2) is 25.4 Å². The fourth-order valence-electron chi connectivity index (χ4n) is 0.268. The lowest BCUT2D eigenvalue weighted by atomic mass is 11.3. The van der Waals surface area contributed by atoms with Crippen LogP contribution >= 0.6 is 7.26 Å². The fraction of sp³-hybridized carbons (Fsp3) is 0.667. The second-order valence-electron chi connectivity index (χ2n) is 2.57. The Morgan fingerprint density at radius 1 is 1.07 bits per heavy atom. The van der Waals surface area contributed by atoms with E-state index in [0.717, 1.165) is 0 Å². The van der Waals surface area contributed by atoms with Crippen LogP contribution in [0, 0.1) is 0 Å². The molecule has 0 saturated heterocycles. The molecule has 0 aromatic heterocycles. The van der Waals surface area contributed by atoms with Crippen molar-refractivity contribution in [3.8, 4) is 0 Å². The molecule has 0 spiro atoms. The highest BCUT2D eigenvalue weighted by Gasteiger charge is 2.34. The maximum absolute atomic E-state index is 9.33. The summed E-state index contributed by atoms with van der Waals surface area (Å²) in [6, 6.07) is 0. The van der Waals surface area contributed by atoms with E-state index in [4.69, 9.17) is 20.4 Å². The van der Waals surface area contributed by atoms with Gasteiger partial charge in [-0.1, -0.05) is 6.58 Å². The Hall–Kier alpha value is -0.0800. The van der Waals surface area contributed by atoms with E-state index in [-0.39, 0.29) is 25.4 Å². The van der Waals surface area contributed by atoms with Gasteiger partial charge in [-0.15, -0.1) is 0 Å². The van der Waals surface area contributed by atoms with E-state index in [1.165, 1.54) is 0 Å². The average molecular weight is 262 g/mol. The van der Waals surface area contributed by atoms with Crippen LogP contribution in [0.3, 0.4) is 0 Å². The molecular formula is C6H15O7PS. The largest absolute Gasteiger partial charge is 0.745 e. The van der Waals surface area contributed by atoms with Gasteiger partial charge in [0.2, 0.25) is 0 Å². The molecule has 15 heavy (non-hydrogen) atoms. The second kappa shape index (κ2) is 8.12. The van der Waals surface area contributed by atoms with Crippen LogP contribution in [0.2, 0.25) is 0 Å². The molecule has 4 N–H and O–H groups in total. The number of hydrogen-bond donors (Lipinski definition) is 4. The summed E-state index contributed by atoms with van der Waals surface area (Å²) in [7, 11) is -6.35. The third kappa shape index (κ3) is 8.88. The van der Waals surface area contributed by atoms with Gasteiger partial charge in [0, 0.05) is 5.41 Å². The first-order valence-electron chi connectivity index (χ1n) is 3.67. The molecule has 0 saturated carbocycles. The zero-order valence-corrected chi connectivity index (χ0v) is 9.69. The zero-order valence-electron chi connectivity index (χ0n) is 7.98. The maximum Gasteiger partial charge on any atom is 0.161 e. The molecule has 0 rings (SSSR count). The lowest BCUT2D eigenvalue weighted by Crippen LogP contribution is -2.10. The minimum atomic E-state index is -4.15. The van der Waals surface area contributed by atoms with E-state index in [2.05, 4.69) is 6.58 Å². The van der Waals surface area contributed by atoms with Gasteiger partial charge in [-0.3, -0.25) is 0 Å². The smallest absolute Gasteiger partial charge is 0.161 e. The molecule has 0 bridgehead atoms. The van der Waals surface area contributed by atoms with E-state index < -0.39 is 17.4 Å². The first-order valence-corrected chi connectivity index (χ1v) is 7.67. The van der Waals surface area contributed by atoms with Crippen molar-refractivity contribution < 1.29 is 33.4 Å². The maximum atomic E-state index is 9.33. The standard InChI is InChI=1S/C4H12O4P.C2H4O3S/c5-1-9(2-6,3-7)4-8;1-2-6(3,4)5/h5-8H,1-4H2;2H,1H2,(H,3,4,5)/q+1;/p-1. The van der Waals surface area contributed by atoms with Crippen molar-refractivity contribution in [1.29, 1.82) is 0 Å². The molecule has 0 fully saturated rings. The quantitative estimate of drug-likeness (QED) is 0.348. The average Bonchev–Trinajstić information content (AvgIpc) is 2.22. The van der Waals surface area contributed by atoms with Crippen LogP contribution in [0.15, 0.2) is 12.0 Å². The Bertz CT molecular complexity index is 230. The summed E-state index contributed by atoms with van der Waals surface area (Å²) in [4.78, 5) is 0. The van der Waals surface area contributed by atoms with E-state index in [9.17, 15) is 13.0 Å². The van der Waals surface area contributed by atoms with Crippen molar-refractivity contribution in [2.24, 2.45) is 0 Å². The number of hydrogen-bond acceptors (Lipinski definition) is 7. The first kappa shape index (κ1) is 17.3. The molecule has 0 aliphatic rings. The highest BCUT2D eigenvalue weighted by atomic mass is 32.2. The molecule has 0 aromatic carbocycles. The highest BCUT2D eigenvalue weighted by molar-refractivity contribution is 7.88. The Balaban J connectivity index is 0. The lowest BCUT2D eigenvalue weighted by Gasteiger charge is -2.15. The summed E-state index contributed by atoms with van der Waals surface area (Å²) in [6.07, 6.45) is -1.18. The molecule has 0 aliphatic heterocycles. The van der Waals surface area contributed by atoms with Crippen molar-refractivity contribution >= 4 is 17.4 Å². The predicted octanol–water partition coefficient (Wildman–Crippen LogP) is -1.52. The second-order valence-corrected chi connectivity index (χ2v) is 7.70. The van der Waals surface area contributed by atoms with Gasteiger partial charge in [0.05, 0.1) is 0 Å². The summed E-state index contributed by atoms with van der Waals surface area (Å²) in [6.45, 7) is 2.73. The van der Waals surface area contributed by atoms with Crippen LogP contribution in [0.1, 0.15) is 0 Å². The first-order chi connectivity index (χ1) is 6.80. The van der Waals surface area contributed by atoms with Gasteiger partial charge < -0.3 is 25.0 Å². The van der Waals surface area contributed by atoms with Crippen molar-refractivity contribution in [3.63, 3.8) is 0 Å². The van der Waals surface area contributed by atoms with E-state index >= 15 is 0 Å². The van der Waals surface area contributed by atoms with Crippen molar-refractivity contribution in [2.45, 2.75) is 0 Å². The highest BCUT2D eigenvalue weighted by Crippen LogP contribution is 2.54. The molecule has 0 amide bonds. The Morgan fingerprint density at radius 3 is 1.27 bits per heavy atom. The SMILES string of the molecule is C=CS(=O)(=O)[O-].OC[P+](CO)(CO)CO. The zero-order chi connectivity index (χ0) is 12.5. The molecule has 0 atom stereocenters. The van der Waals surface area contributed by atoms with E-state index in [1.54, 1.807) is 0 Å². The monoisotopic (exact) mass is 262 g/mol. The van der Waals surface area contributed by atoms with Crippen LogP contribution in [0.4, 0.5) is 0 Å². The van der Waals surface area contributed by atoms with E-state index in [0.29, 0.717) is 5.41 Å². The van der Waals surface area contributed by atoms with E-state index in [1.807, 2.05) is 0 Å². The summed E-state index contributed by atoms with van der Waals surface area (Å²) in [5.41, 5.74) is 0. The molecular weight excluding hydrogens is 247 g/mol. The summed E-state index contributed by atoms with van der Waals surface area (Å²) < 4.78 is 28.0. The molecule has 0 radical (unpaired) electrons. The Labute approximate surface area is 88.8 Å². The van der Waals surface area contributed by atoms with Crippen molar-refractivity contribution in [1.82, 2.24) is 0 Å². The number of rotatable bonds is 5. The van der Waals surface area contributed by atoms with Crippen LogP contribution in [-0.2, 0) is 10.1 Å². The molecule has 0 aromatic rings. The van der Waals surface area contributed by atoms with Crippen LogP contribution in [0.25, 0.3) is 0 Å². The molecule has 7 nitrogen and oxygen atoms in total. The predicted molar refractivity (Wildman–Crippen MR) is 55.2 cm³/mol. The normalized spacial score (nSPS) is 11.5.